The molecule has 2 atom stereocenters. The summed E-state index contributed by atoms with van der Waals surface area (Å²) in [6.45, 7) is 3.01. The van der Waals surface area contributed by atoms with Gasteiger partial charge in [0, 0.05) is 5.92 Å². The molecule has 0 aliphatic carbocycles. The Morgan fingerprint density at radius 1 is 1.55 bits per heavy atom. The average Bonchev–Trinajstić information content (AvgIpc) is 1.83. The predicted octanol–water partition coefficient (Wildman–Crippen LogP) is 2.40. The van der Waals surface area contributed by atoms with Gasteiger partial charge in [0.2, 0.25) is 0 Å². The molecule has 0 N–H and O–H groups in total. The maximum atomic E-state index is 6.10. The van der Waals surface area contributed by atoms with Crippen molar-refractivity contribution in [1.82, 2.24) is 0 Å². The van der Waals surface area contributed by atoms with Crippen molar-refractivity contribution in [3.8, 4) is 0 Å². The minimum absolute atomic E-state index is 0.215. The number of hydrogen-bond acceptors (Lipinski definition) is 0. The predicted molar refractivity (Wildman–Crippen MR) is 49.7 cm³/mol. The van der Waals surface area contributed by atoms with Gasteiger partial charge in [-0.3, -0.25) is 4.48 Å². The van der Waals surface area contributed by atoms with E-state index < -0.39 is 0 Å². The summed E-state index contributed by atoms with van der Waals surface area (Å²) >= 11 is 12.1. The molecule has 0 aromatic rings. The number of nitrogens with zero attached hydrogens (tertiary/aromatic N) is 1. The van der Waals surface area contributed by atoms with Crippen LogP contribution in [0.3, 0.4) is 0 Å². The van der Waals surface area contributed by atoms with E-state index in [4.69, 9.17) is 23.2 Å². The van der Waals surface area contributed by atoms with E-state index in [1.54, 1.807) is 0 Å². The lowest BCUT2D eigenvalue weighted by molar-refractivity contribution is -0.847. The van der Waals surface area contributed by atoms with Gasteiger partial charge < -0.3 is 0 Å². The molecule has 1 rings (SSSR count). The van der Waals surface area contributed by atoms with Crippen LogP contribution in [0.2, 0.25) is 0 Å². The highest BCUT2D eigenvalue weighted by Gasteiger charge is 2.32. The summed E-state index contributed by atoms with van der Waals surface area (Å²) in [4.78, 5) is 0. The molecule has 0 aromatic heterocycles. The standard InChI is InChI=1S/C8H14Cl2N/c1-6-4-8(10)11(2,3)5-7(6)9/h4,6-7H,5H2,1-3H3/q+1. The van der Waals surface area contributed by atoms with Crippen molar-refractivity contribution < 1.29 is 4.48 Å². The highest BCUT2D eigenvalue weighted by molar-refractivity contribution is 6.28. The maximum absolute atomic E-state index is 6.10. The van der Waals surface area contributed by atoms with Crippen LogP contribution in [-0.2, 0) is 0 Å². The van der Waals surface area contributed by atoms with Gasteiger partial charge in [-0.15, -0.1) is 11.6 Å². The highest BCUT2D eigenvalue weighted by atomic mass is 35.5. The van der Waals surface area contributed by atoms with Crippen LogP contribution in [0, 0.1) is 5.92 Å². The molecule has 0 bridgehead atoms. The topological polar surface area (TPSA) is 0 Å². The van der Waals surface area contributed by atoms with Gasteiger partial charge in [0.1, 0.15) is 6.54 Å². The summed E-state index contributed by atoms with van der Waals surface area (Å²) in [6.07, 6.45) is 2.04. The van der Waals surface area contributed by atoms with Crippen molar-refractivity contribution in [2.24, 2.45) is 5.92 Å². The molecule has 1 nitrogen and oxygen atoms in total. The fraction of sp³-hybridized carbons (Fsp3) is 0.750. The Labute approximate surface area is 78.2 Å². The van der Waals surface area contributed by atoms with Gasteiger partial charge in [-0.1, -0.05) is 6.92 Å². The normalized spacial score (nSPS) is 36.6. The second kappa shape index (κ2) is 2.96. The first kappa shape index (κ1) is 9.37. The Hall–Kier alpha value is 0.280. The minimum Gasteiger partial charge on any atom is -0.285 e. The third kappa shape index (κ3) is 1.90. The summed E-state index contributed by atoms with van der Waals surface area (Å²) in [5.74, 6) is 0.398. The zero-order valence-corrected chi connectivity index (χ0v) is 8.65. The molecule has 0 amide bonds. The smallest absolute Gasteiger partial charge is 0.197 e. The van der Waals surface area contributed by atoms with Crippen LogP contribution in [0.5, 0.6) is 0 Å². The lowest BCUT2D eigenvalue weighted by Gasteiger charge is -2.35. The van der Waals surface area contributed by atoms with Gasteiger partial charge in [-0.25, -0.2) is 0 Å². The van der Waals surface area contributed by atoms with Gasteiger partial charge in [-0.05, 0) is 17.7 Å². The van der Waals surface area contributed by atoms with Gasteiger partial charge in [0.15, 0.2) is 5.16 Å². The SMILES string of the molecule is CC1C=C(Cl)[N+](C)(C)CC1Cl. The van der Waals surface area contributed by atoms with Crippen LogP contribution in [0.4, 0.5) is 0 Å². The Bertz CT molecular complexity index is 187. The monoisotopic (exact) mass is 194 g/mol. The van der Waals surface area contributed by atoms with E-state index in [-0.39, 0.29) is 5.38 Å². The second-order valence-corrected chi connectivity index (χ2v) is 4.68. The van der Waals surface area contributed by atoms with Crippen molar-refractivity contribution in [2.75, 3.05) is 20.6 Å². The lowest BCUT2D eigenvalue weighted by atomic mass is 10.0. The molecule has 2 unspecified atom stereocenters. The van der Waals surface area contributed by atoms with Crippen LogP contribution in [0.25, 0.3) is 0 Å². The number of halogens is 2. The fourth-order valence-electron chi connectivity index (χ4n) is 1.21. The summed E-state index contributed by atoms with van der Waals surface area (Å²) in [7, 11) is 4.14. The first-order valence-electron chi connectivity index (χ1n) is 3.78. The number of hydrogen-bond donors (Lipinski definition) is 0. The van der Waals surface area contributed by atoms with E-state index in [1.165, 1.54) is 0 Å². The molecular formula is C8H14Cl2N+. The quantitative estimate of drug-likeness (QED) is 0.316. The number of rotatable bonds is 0. The molecule has 3 heteroatoms. The average molecular weight is 195 g/mol. The van der Waals surface area contributed by atoms with Crippen LogP contribution in [0.1, 0.15) is 6.92 Å². The second-order valence-electron chi connectivity index (χ2n) is 3.73. The van der Waals surface area contributed by atoms with Gasteiger partial charge in [0.05, 0.1) is 19.5 Å². The number of allylic oxidation sites excluding steroid dienone is 1. The zero-order valence-electron chi connectivity index (χ0n) is 7.14. The summed E-state index contributed by atoms with van der Waals surface area (Å²) < 4.78 is 0.708. The molecule has 64 valence electrons. The fourth-order valence-corrected chi connectivity index (χ4v) is 1.90. The molecule has 1 aliphatic rings. The Balaban J connectivity index is 2.86. The largest absolute Gasteiger partial charge is 0.285 e. The molecule has 0 saturated carbocycles. The number of alkyl halides is 1. The molecule has 1 heterocycles. The molecular weight excluding hydrogens is 181 g/mol. The van der Waals surface area contributed by atoms with Crippen LogP contribution in [-0.4, -0.2) is 30.5 Å². The highest BCUT2D eigenvalue weighted by Crippen LogP contribution is 2.29. The van der Waals surface area contributed by atoms with E-state index in [9.17, 15) is 0 Å². The Morgan fingerprint density at radius 3 is 2.55 bits per heavy atom. The summed E-state index contributed by atoms with van der Waals surface area (Å²) in [5.41, 5.74) is 0. The minimum atomic E-state index is 0.215. The van der Waals surface area contributed by atoms with Gasteiger partial charge >= 0.3 is 0 Å². The van der Waals surface area contributed by atoms with E-state index in [2.05, 4.69) is 21.0 Å². The van der Waals surface area contributed by atoms with Crippen LogP contribution in [0.15, 0.2) is 11.2 Å². The third-order valence-electron chi connectivity index (χ3n) is 2.18. The molecule has 1 aliphatic heterocycles. The molecule has 0 saturated heterocycles. The van der Waals surface area contributed by atoms with Crippen molar-refractivity contribution in [3.05, 3.63) is 11.2 Å². The Kier molecular flexibility index (Phi) is 2.53. The van der Waals surface area contributed by atoms with Crippen LogP contribution < -0.4 is 0 Å². The first-order chi connectivity index (χ1) is 4.93. The summed E-state index contributed by atoms with van der Waals surface area (Å²) in [5, 5.41) is 1.11. The molecule has 0 fully saturated rings. The molecule has 11 heavy (non-hydrogen) atoms. The van der Waals surface area contributed by atoms with Crippen LogP contribution >= 0.6 is 23.2 Å². The molecule has 0 aromatic carbocycles. The maximum Gasteiger partial charge on any atom is 0.197 e. The first-order valence-corrected chi connectivity index (χ1v) is 4.60. The van der Waals surface area contributed by atoms with E-state index in [0.717, 1.165) is 11.7 Å². The summed E-state index contributed by atoms with van der Waals surface area (Å²) in [6, 6.07) is 0. The van der Waals surface area contributed by atoms with Crippen molar-refractivity contribution in [3.63, 3.8) is 0 Å². The van der Waals surface area contributed by atoms with Gasteiger partial charge in [0.25, 0.3) is 0 Å². The lowest BCUT2D eigenvalue weighted by Crippen LogP contribution is -2.46. The number of quaternary nitrogens is 1. The van der Waals surface area contributed by atoms with E-state index in [1.807, 2.05) is 6.08 Å². The van der Waals surface area contributed by atoms with Crippen molar-refractivity contribution in [1.29, 1.82) is 0 Å². The zero-order chi connectivity index (χ0) is 8.65. The van der Waals surface area contributed by atoms with E-state index >= 15 is 0 Å². The van der Waals surface area contributed by atoms with Crippen molar-refractivity contribution in [2.45, 2.75) is 12.3 Å². The van der Waals surface area contributed by atoms with Crippen molar-refractivity contribution >= 4 is 23.2 Å². The Morgan fingerprint density at radius 2 is 2.09 bits per heavy atom. The van der Waals surface area contributed by atoms with Gasteiger partial charge in [-0.2, -0.15) is 0 Å². The van der Waals surface area contributed by atoms with E-state index in [0.29, 0.717) is 10.4 Å². The molecule has 0 radical (unpaired) electrons. The molecule has 0 spiro atoms. The third-order valence-corrected chi connectivity index (χ3v) is 3.30.